The van der Waals surface area contributed by atoms with Gasteiger partial charge in [0.1, 0.15) is 0 Å². The molecule has 0 aromatic carbocycles. The summed E-state index contributed by atoms with van der Waals surface area (Å²) in [6, 6.07) is 0. The third-order valence-corrected chi connectivity index (χ3v) is 1.05. The first-order valence-electron chi connectivity index (χ1n) is 1.50. The van der Waals surface area contributed by atoms with Gasteiger partial charge in [0, 0.05) is 0 Å². The van der Waals surface area contributed by atoms with E-state index >= 15 is 0 Å². The standard InChI is InChI=1S/C3H3IO3.Na.H/c4-1-2(5)3(6)7;;/h1H2,(H,6,7);;. The summed E-state index contributed by atoms with van der Waals surface area (Å²) >= 11 is 1.70. The molecule has 0 aliphatic carbocycles. The van der Waals surface area contributed by atoms with E-state index in [-0.39, 0.29) is 34.0 Å². The number of alkyl halides is 1. The second-order valence-corrected chi connectivity index (χ2v) is 1.62. The van der Waals surface area contributed by atoms with Crippen LogP contribution in [-0.2, 0) is 9.59 Å². The predicted molar refractivity (Wildman–Crippen MR) is 38.7 cm³/mol. The molecule has 0 spiro atoms. The van der Waals surface area contributed by atoms with E-state index in [1.165, 1.54) is 0 Å². The fourth-order valence-electron chi connectivity index (χ4n) is 0.0572. The second kappa shape index (κ2) is 6.00. The Balaban J connectivity index is 0. The molecule has 0 aliphatic heterocycles. The van der Waals surface area contributed by atoms with E-state index in [1.54, 1.807) is 22.6 Å². The van der Waals surface area contributed by atoms with Gasteiger partial charge in [-0.3, -0.25) is 4.79 Å². The molecule has 0 aromatic rings. The zero-order chi connectivity index (χ0) is 5.86. The third-order valence-electron chi connectivity index (χ3n) is 0.360. The van der Waals surface area contributed by atoms with Gasteiger partial charge in [-0.15, -0.1) is 0 Å². The summed E-state index contributed by atoms with van der Waals surface area (Å²) in [5.74, 6) is -2.10. The predicted octanol–water partition coefficient (Wildman–Crippen LogP) is -0.573. The SMILES string of the molecule is O=C(O)C(=O)CI.[NaH]. The molecule has 5 heteroatoms. The second-order valence-electron chi connectivity index (χ2n) is 0.862. The van der Waals surface area contributed by atoms with E-state index in [2.05, 4.69) is 0 Å². The van der Waals surface area contributed by atoms with Gasteiger partial charge in [0.05, 0.1) is 4.43 Å². The number of hydrogen-bond donors (Lipinski definition) is 1. The van der Waals surface area contributed by atoms with Gasteiger partial charge in [-0.05, 0) is 0 Å². The summed E-state index contributed by atoms with van der Waals surface area (Å²) in [6.45, 7) is 0. The Hall–Kier alpha value is 0.870. The van der Waals surface area contributed by atoms with Crippen LogP contribution in [0.5, 0.6) is 0 Å². The van der Waals surface area contributed by atoms with Crippen LogP contribution in [0, 0.1) is 0 Å². The molecule has 1 N–H and O–H groups in total. The van der Waals surface area contributed by atoms with Crippen molar-refractivity contribution >= 4 is 63.9 Å². The molecule has 0 fully saturated rings. The van der Waals surface area contributed by atoms with Crippen LogP contribution in [0.4, 0.5) is 0 Å². The summed E-state index contributed by atoms with van der Waals surface area (Å²) < 4.78 is 0.0487. The minimum atomic E-state index is -1.35. The maximum absolute atomic E-state index is 9.90. The van der Waals surface area contributed by atoms with Gasteiger partial charge in [0.15, 0.2) is 0 Å². The first-order valence-corrected chi connectivity index (χ1v) is 3.03. The summed E-state index contributed by atoms with van der Waals surface area (Å²) in [6.07, 6.45) is 0. The normalized spacial score (nSPS) is 7.12. The summed E-state index contributed by atoms with van der Waals surface area (Å²) in [4.78, 5) is 19.5. The molecule has 0 amide bonds. The van der Waals surface area contributed by atoms with E-state index in [4.69, 9.17) is 5.11 Å². The van der Waals surface area contributed by atoms with Crippen molar-refractivity contribution in [3.63, 3.8) is 0 Å². The average molecular weight is 238 g/mol. The van der Waals surface area contributed by atoms with Crippen molar-refractivity contribution in [3.8, 4) is 0 Å². The van der Waals surface area contributed by atoms with Crippen molar-refractivity contribution in [2.24, 2.45) is 0 Å². The fraction of sp³-hybridized carbons (Fsp3) is 0.333. The molecule has 0 heterocycles. The van der Waals surface area contributed by atoms with Gasteiger partial charge in [0.25, 0.3) is 0 Å². The van der Waals surface area contributed by atoms with Gasteiger partial charge in [-0.1, -0.05) is 22.6 Å². The van der Waals surface area contributed by atoms with Gasteiger partial charge < -0.3 is 5.11 Å². The van der Waals surface area contributed by atoms with Crippen molar-refractivity contribution in [2.75, 3.05) is 4.43 Å². The number of aliphatic carboxylic acids is 1. The first kappa shape index (κ1) is 11.6. The van der Waals surface area contributed by atoms with E-state index in [1.807, 2.05) is 0 Å². The summed E-state index contributed by atoms with van der Waals surface area (Å²) in [7, 11) is 0. The molecule has 3 nitrogen and oxygen atoms in total. The van der Waals surface area contributed by atoms with Crippen molar-refractivity contribution in [3.05, 3.63) is 0 Å². The zero-order valence-electron chi connectivity index (χ0n) is 3.35. The molecular formula is C3H4INaO3. The van der Waals surface area contributed by atoms with Gasteiger partial charge in [-0.2, -0.15) is 0 Å². The molecule has 0 unspecified atom stereocenters. The Morgan fingerprint density at radius 2 is 1.88 bits per heavy atom. The van der Waals surface area contributed by atoms with Gasteiger partial charge >= 0.3 is 35.5 Å². The van der Waals surface area contributed by atoms with Crippen LogP contribution in [-0.4, -0.2) is 50.8 Å². The average Bonchev–Trinajstić information content (AvgIpc) is 1.65. The number of carbonyl (C=O) groups excluding carboxylic acids is 1. The molecular weight excluding hydrogens is 234 g/mol. The van der Waals surface area contributed by atoms with E-state index in [9.17, 15) is 9.59 Å². The Labute approximate surface area is 82.3 Å². The Bertz CT molecular complexity index is 103. The zero-order valence-corrected chi connectivity index (χ0v) is 5.51. The van der Waals surface area contributed by atoms with Crippen molar-refractivity contribution in [2.45, 2.75) is 0 Å². The van der Waals surface area contributed by atoms with Crippen LogP contribution in [0.2, 0.25) is 0 Å². The van der Waals surface area contributed by atoms with E-state index < -0.39 is 11.8 Å². The van der Waals surface area contributed by atoms with Crippen LogP contribution in [0.3, 0.4) is 0 Å². The molecule has 0 saturated carbocycles. The number of halogens is 1. The number of carbonyl (C=O) groups is 2. The Kier molecular flexibility index (Phi) is 8.73. The molecule has 0 rings (SSSR count). The minimum absolute atomic E-state index is 0. The van der Waals surface area contributed by atoms with Crippen molar-refractivity contribution in [1.29, 1.82) is 0 Å². The van der Waals surface area contributed by atoms with E-state index in [0.717, 1.165) is 0 Å². The first-order chi connectivity index (χ1) is 3.18. The maximum atomic E-state index is 9.90. The Morgan fingerprint density at radius 3 is 1.88 bits per heavy atom. The number of rotatable bonds is 2. The number of carboxylic acid groups (broad SMARTS) is 1. The fourth-order valence-corrected chi connectivity index (χ4v) is 0.383. The number of Topliss-reactive ketones (excluding diaryl/α,β-unsaturated/α-hetero) is 1. The number of carboxylic acids is 1. The van der Waals surface area contributed by atoms with Crippen LogP contribution in [0.1, 0.15) is 0 Å². The molecule has 0 radical (unpaired) electrons. The van der Waals surface area contributed by atoms with Gasteiger partial charge in [0.2, 0.25) is 5.78 Å². The van der Waals surface area contributed by atoms with Crippen LogP contribution < -0.4 is 0 Å². The van der Waals surface area contributed by atoms with Crippen LogP contribution in [0.25, 0.3) is 0 Å². The van der Waals surface area contributed by atoms with Crippen molar-refractivity contribution in [1.82, 2.24) is 0 Å². The molecule has 0 saturated heterocycles. The molecule has 0 aliphatic rings. The van der Waals surface area contributed by atoms with Crippen molar-refractivity contribution < 1.29 is 14.7 Å². The quantitative estimate of drug-likeness (QED) is 0.303. The summed E-state index contributed by atoms with van der Waals surface area (Å²) in [5.41, 5.74) is 0. The Morgan fingerprint density at radius 1 is 1.50 bits per heavy atom. The number of ketones is 1. The molecule has 42 valence electrons. The molecule has 0 aromatic heterocycles. The monoisotopic (exact) mass is 238 g/mol. The molecule has 8 heavy (non-hydrogen) atoms. The molecule has 0 atom stereocenters. The van der Waals surface area contributed by atoms with Crippen LogP contribution >= 0.6 is 22.6 Å². The number of hydrogen-bond acceptors (Lipinski definition) is 2. The van der Waals surface area contributed by atoms with Crippen LogP contribution in [0.15, 0.2) is 0 Å². The molecule has 0 bridgehead atoms. The van der Waals surface area contributed by atoms with E-state index in [0.29, 0.717) is 0 Å². The van der Waals surface area contributed by atoms with Gasteiger partial charge in [-0.25, -0.2) is 4.79 Å². The third kappa shape index (κ3) is 5.02. The summed E-state index contributed by atoms with van der Waals surface area (Å²) in [5, 5.41) is 7.83. The topological polar surface area (TPSA) is 54.4 Å².